The number of carbonyl (C=O) groups excluding carboxylic acids is 1. The van der Waals surface area contributed by atoms with Crippen LogP contribution in [0.5, 0.6) is 0 Å². The minimum absolute atomic E-state index is 0.0442. The van der Waals surface area contributed by atoms with E-state index in [0.717, 1.165) is 42.6 Å². The monoisotopic (exact) mass is 362 g/mol. The molecule has 1 aromatic heterocycles. The summed E-state index contributed by atoms with van der Waals surface area (Å²) in [6.07, 6.45) is 3.96. The van der Waals surface area contributed by atoms with Gasteiger partial charge in [0.2, 0.25) is 0 Å². The Hall–Kier alpha value is -3.48. The highest BCUT2D eigenvalue weighted by atomic mass is 16.6. The highest BCUT2D eigenvalue weighted by molar-refractivity contribution is 6.04. The number of aromatic nitrogens is 2. The molecular weight excluding hydrogens is 344 g/mol. The van der Waals surface area contributed by atoms with Crippen molar-refractivity contribution in [2.75, 3.05) is 5.32 Å². The fraction of sp³-hybridized carbons (Fsp3) is 0.200. The van der Waals surface area contributed by atoms with Crippen LogP contribution in [0.2, 0.25) is 0 Å². The van der Waals surface area contributed by atoms with Crippen LogP contribution < -0.4 is 5.32 Å². The molecular formula is C20H18N4O3. The predicted molar refractivity (Wildman–Crippen MR) is 101 cm³/mol. The minimum atomic E-state index is -0.487. The van der Waals surface area contributed by atoms with Crippen molar-refractivity contribution in [2.24, 2.45) is 0 Å². The lowest BCUT2D eigenvalue weighted by atomic mass is 9.97. The molecule has 1 heterocycles. The molecule has 0 unspecified atom stereocenters. The number of rotatable bonds is 4. The summed E-state index contributed by atoms with van der Waals surface area (Å²) >= 11 is 0. The van der Waals surface area contributed by atoms with Crippen molar-refractivity contribution in [1.29, 1.82) is 0 Å². The van der Waals surface area contributed by atoms with Gasteiger partial charge in [-0.3, -0.25) is 14.9 Å². The molecule has 2 aromatic carbocycles. The quantitative estimate of drug-likeness (QED) is 0.563. The van der Waals surface area contributed by atoms with E-state index in [1.165, 1.54) is 24.3 Å². The number of nitro benzene ring substituents is 1. The molecule has 7 heteroatoms. The van der Waals surface area contributed by atoms with Crippen molar-refractivity contribution in [3.05, 3.63) is 81.5 Å². The molecule has 0 bridgehead atoms. The summed E-state index contributed by atoms with van der Waals surface area (Å²) in [5.41, 5.74) is 3.48. The molecule has 0 radical (unpaired) electrons. The van der Waals surface area contributed by atoms with Crippen LogP contribution in [0.15, 0.2) is 54.6 Å². The molecule has 1 aliphatic rings. The van der Waals surface area contributed by atoms with Crippen LogP contribution in [0.4, 0.5) is 11.5 Å². The number of fused-ring (bicyclic) bond motifs is 1. The lowest BCUT2D eigenvalue weighted by Crippen LogP contribution is -2.14. The summed E-state index contributed by atoms with van der Waals surface area (Å²) in [5, 5.41) is 18.3. The number of para-hydroxylation sites is 1. The molecule has 0 aliphatic heterocycles. The Labute approximate surface area is 155 Å². The van der Waals surface area contributed by atoms with Crippen molar-refractivity contribution in [3.63, 3.8) is 0 Å². The number of carbonyl (C=O) groups is 1. The van der Waals surface area contributed by atoms with Crippen LogP contribution in [0, 0.1) is 10.1 Å². The predicted octanol–water partition coefficient (Wildman–Crippen LogP) is 3.91. The van der Waals surface area contributed by atoms with E-state index in [1.54, 1.807) is 0 Å². The number of hydrogen-bond acceptors (Lipinski definition) is 4. The van der Waals surface area contributed by atoms with Gasteiger partial charge in [-0.25, -0.2) is 4.68 Å². The van der Waals surface area contributed by atoms with E-state index < -0.39 is 4.92 Å². The minimum Gasteiger partial charge on any atom is -0.305 e. The van der Waals surface area contributed by atoms with Gasteiger partial charge >= 0.3 is 0 Å². The molecule has 27 heavy (non-hydrogen) atoms. The average molecular weight is 362 g/mol. The first-order valence-electron chi connectivity index (χ1n) is 8.85. The zero-order valence-corrected chi connectivity index (χ0v) is 14.6. The van der Waals surface area contributed by atoms with E-state index >= 15 is 0 Å². The lowest BCUT2D eigenvalue weighted by molar-refractivity contribution is -0.384. The lowest BCUT2D eigenvalue weighted by Gasteiger charge is -2.14. The van der Waals surface area contributed by atoms with Crippen LogP contribution in [0.3, 0.4) is 0 Å². The van der Waals surface area contributed by atoms with Crippen molar-refractivity contribution >= 4 is 17.4 Å². The summed E-state index contributed by atoms with van der Waals surface area (Å²) in [7, 11) is 0. The number of benzene rings is 2. The van der Waals surface area contributed by atoms with E-state index in [9.17, 15) is 14.9 Å². The average Bonchev–Trinajstić information content (AvgIpc) is 3.07. The molecule has 136 valence electrons. The van der Waals surface area contributed by atoms with Crippen LogP contribution >= 0.6 is 0 Å². The highest BCUT2D eigenvalue weighted by Gasteiger charge is 2.23. The molecule has 7 nitrogen and oxygen atoms in total. The Bertz CT molecular complexity index is 994. The third-order valence-electron chi connectivity index (χ3n) is 4.75. The zero-order valence-electron chi connectivity index (χ0n) is 14.6. The molecule has 1 N–H and O–H groups in total. The van der Waals surface area contributed by atoms with E-state index in [-0.39, 0.29) is 11.6 Å². The number of nitrogens with one attached hydrogen (secondary N) is 1. The SMILES string of the molecule is O=C(Nc1nn(-c2ccccc2)c2c1CCCC2)c1ccc([N+](=O)[O-])cc1. The van der Waals surface area contributed by atoms with Gasteiger partial charge in [0.1, 0.15) is 0 Å². The topological polar surface area (TPSA) is 90.1 Å². The normalized spacial score (nSPS) is 13.0. The first-order chi connectivity index (χ1) is 13.1. The third kappa shape index (κ3) is 3.31. The first kappa shape index (κ1) is 17.0. The third-order valence-corrected chi connectivity index (χ3v) is 4.75. The van der Waals surface area contributed by atoms with Gasteiger partial charge in [-0.2, -0.15) is 0 Å². The molecule has 0 fully saturated rings. The van der Waals surface area contributed by atoms with Crippen molar-refractivity contribution in [2.45, 2.75) is 25.7 Å². The maximum atomic E-state index is 12.6. The molecule has 1 aliphatic carbocycles. The van der Waals surface area contributed by atoms with Gasteiger partial charge in [-0.05, 0) is 49.9 Å². The summed E-state index contributed by atoms with van der Waals surface area (Å²) < 4.78 is 1.90. The standard InChI is InChI=1S/C20H18N4O3/c25-20(14-10-12-16(13-11-14)24(26)27)21-19-17-8-4-5-9-18(17)23(22-19)15-6-2-1-3-7-15/h1-3,6-7,10-13H,4-5,8-9H2,(H,21,22,25). The van der Waals surface area contributed by atoms with E-state index in [1.807, 2.05) is 35.0 Å². The van der Waals surface area contributed by atoms with Crippen molar-refractivity contribution in [3.8, 4) is 5.69 Å². The Balaban J connectivity index is 1.65. The Morgan fingerprint density at radius 1 is 1.04 bits per heavy atom. The Morgan fingerprint density at radius 3 is 2.44 bits per heavy atom. The van der Waals surface area contributed by atoms with Crippen LogP contribution in [-0.4, -0.2) is 20.6 Å². The van der Waals surface area contributed by atoms with Gasteiger partial charge in [0.25, 0.3) is 11.6 Å². The fourth-order valence-electron chi connectivity index (χ4n) is 3.40. The van der Waals surface area contributed by atoms with Gasteiger partial charge in [-0.1, -0.05) is 18.2 Å². The van der Waals surface area contributed by atoms with Gasteiger partial charge in [0.05, 0.1) is 10.6 Å². The first-order valence-corrected chi connectivity index (χ1v) is 8.85. The van der Waals surface area contributed by atoms with Crippen molar-refractivity contribution in [1.82, 2.24) is 9.78 Å². The summed E-state index contributed by atoms with van der Waals surface area (Å²) in [6.45, 7) is 0. The number of nitro groups is 1. The summed E-state index contributed by atoms with van der Waals surface area (Å²) in [5.74, 6) is 0.243. The second kappa shape index (κ2) is 7.03. The molecule has 1 amide bonds. The second-order valence-corrected chi connectivity index (χ2v) is 6.49. The van der Waals surface area contributed by atoms with E-state index in [2.05, 4.69) is 10.4 Å². The van der Waals surface area contributed by atoms with Gasteiger partial charge in [0, 0.05) is 29.0 Å². The molecule has 3 aromatic rings. The Morgan fingerprint density at radius 2 is 1.74 bits per heavy atom. The van der Waals surface area contributed by atoms with Gasteiger partial charge < -0.3 is 5.32 Å². The number of non-ortho nitro benzene ring substituents is 1. The number of anilines is 1. The summed E-state index contributed by atoms with van der Waals surface area (Å²) in [4.78, 5) is 22.9. The number of amides is 1. The largest absolute Gasteiger partial charge is 0.305 e. The maximum absolute atomic E-state index is 12.6. The molecule has 4 rings (SSSR count). The van der Waals surface area contributed by atoms with Crippen molar-refractivity contribution < 1.29 is 9.72 Å². The fourth-order valence-corrected chi connectivity index (χ4v) is 3.40. The van der Waals surface area contributed by atoms with E-state index in [4.69, 9.17) is 0 Å². The van der Waals surface area contributed by atoms with Crippen LogP contribution in [-0.2, 0) is 12.8 Å². The number of nitrogens with zero attached hydrogens (tertiary/aromatic N) is 3. The zero-order chi connectivity index (χ0) is 18.8. The highest BCUT2D eigenvalue weighted by Crippen LogP contribution is 2.30. The van der Waals surface area contributed by atoms with Crippen LogP contribution in [0.1, 0.15) is 34.5 Å². The van der Waals surface area contributed by atoms with Crippen LogP contribution in [0.25, 0.3) is 5.69 Å². The smallest absolute Gasteiger partial charge is 0.269 e. The molecule has 0 atom stereocenters. The molecule has 0 spiro atoms. The van der Waals surface area contributed by atoms with E-state index in [0.29, 0.717) is 11.4 Å². The Kier molecular flexibility index (Phi) is 4.42. The number of hydrogen-bond donors (Lipinski definition) is 1. The second-order valence-electron chi connectivity index (χ2n) is 6.49. The van der Waals surface area contributed by atoms with Gasteiger partial charge in [-0.15, -0.1) is 5.10 Å². The maximum Gasteiger partial charge on any atom is 0.269 e. The summed E-state index contributed by atoms with van der Waals surface area (Å²) in [6, 6.07) is 15.4. The molecule has 0 saturated carbocycles. The van der Waals surface area contributed by atoms with Gasteiger partial charge in [0.15, 0.2) is 5.82 Å². The molecule has 0 saturated heterocycles.